The van der Waals surface area contributed by atoms with E-state index in [4.69, 9.17) is 5.26 Å². The van der Waals surface area contributed by atoms with Gasteiger partial charge in [-0.15, -0.1) is 0 Å². The molecule has 0 bridgehead atoms. The van der Waals surface area contributed by atoms with Crippen molar-refractivity contribution >= 4 is 11.9 Å². The minimum atomic E-state index is -0.343. The Morgan fingerprint density at radius 3 is 2.61 bits per heavy atom. The molecule has 0 saturated carbocycles. The van der Waals surface area contributed by atoms with Gasteiger partial charge in [0.2, 0.25) is 5.95 Å². The van der Waals surface area contributed by atoms with Crippen LogP contribution in [-0.2, 0) is 0 Å². The van der Waals surface area contributed by atoms with E-state index in [0.29, 0.717) is 23.7 Å². The Morgan fingerprint density at radius 1 is 1.21 bits per heavy atom. The molecule has 1 atom stereocenters. The van der Waals surface area contributed by atoms with Crippen molar-refractivity contribution in [2.45, 2.75) is 20.0 Å². The topological polar surface area (TPSA) is 104 Å². The van der Waals surface area contributed by atoms with E-state index in [9.17, 15) is 4.79 Å². The predicted octanol–water partition coefficient (Wildman–Crippen LogP) is 1.87. The fraction of sp³-hybridized carbons (Fsp3) is 0.263. The van der Waals surface area contributed by atoms with Crippen LogP contribution in [0.4, 0.5) is 5.95 Å². The van der Waals surface area contributed by atoms with E-state index < -0.39 is 0 Å². The maximum Gasteiger partial charge on any atom is 0.257 e. The van der Waals surface area contributed by atoms with Gasteiger partial charge in [0, 0.05) is 19.8 Å². The largest absolute Gasteiger partial charge is 0.324 e. The van der Waals surface area contributed by atoms with E-state index in [1.54, 1.807) is 41.4 Å². The number of carbonyl (C=O) groups excluding carboxylic acids is 1. The highest BCUT2D eigenvalue weighted by Crippen LogP contribution is 2.19. The van der Waals surface area contributed by atoms with Gasteiger partial charge in [0.15, 0.2) is 0 Å². The van der Waals surface area contributed by atoms with Crippen LogP contribution in [0.3, 0.4) is 0 Å². The number of benzene rings is 1. The molecule has 0 aliphatic heterocycles. The summed E-state index contributed by atoms with van der Waals surface area (Å²) >= 11 is 0. The highest BCUT2D eigenvalue weighted by Gasteiger charge is 2.26. The Bertz CT molecular complexity index is 995. The lowest BCUT2D eigenvalue weighted by atomic mass is 10.1. The molecule has 0 fully saturated rings. The third kappa shape index (κ3) is 3.66. The summed E-state index contributed by atoms with van der Waals surface area (Å²) < 4.78 is 0. The lowest BCUT2D eigenvalue weighted by Crippen LogP contribution is -2.48. The lowest BCUT2D eigenvalue weighted by Gasteiger charge is -2.35. The van der Waals surface area contributed by atoms with Crippen molar-refractivity contribution in [3.63, 3.8) is 0 Å². The van der Waals surface area contributed by atoms with Crippen LogP contribution in [0.25, 0.3) is 5.69 Å². The highest BCUT2D eigenvalue weighted by atomic mass is 16.2. The van der Waals surface area contributed by atoms with Crippen molar-refractivity contribution < 1.29 is 4.79 Å². The second kappa shape index (κ2) is 8.26. The fourth-order valence-electron chi connectivity index (χ4n) is 2.86. The second-order valence-electron chi connectivity index (χ2n) is 6.02. The van der Waals surface area contributed by atoms with Crippen LogP contribution in [0.15, 0.2) is 48.9 Å². The first kappa shape index (κ1) is 19.0. The summed E-state index contributed by atoms with van der Waals surface area (Å²) in [5, 5.41) is 17.3. The smallest absolute Gasteiger partial charge is 0.257 e. The highest BCUT2D eigenvalue weighted by molar-refractivity contribution is 5.98. The SMILES string of the molecule is CCN(C(=O)c1ccccc1-n1nccn1)C(C)N(C)c1nccc(C#N)n1. The van der Waals surface area contributed by atoms with E-state index in [2.05, 4.69) is 20.2 Å². The standard InChI is InChI=1S/C19H20N8O/c1-4-26(14(2)25(3)19-21-10-9-15(13-20)24-19)18(28)16-7-5-6-8-17(16)27-22-11-12-23-27/h5-12,14H,4H2,1-3H3. The van der Waals surface area contributed by atoms with Gasteiger partial charge in [0.25, 0.3) is 5.91 Å². The number of amides is 1. The van der Waals surface area contributed by atoms with Crippen molar-refractivity contribution in [1.29, 1.82) is 5.26 Å². The number of anilines is 1. The van der Waals surface area contributed by atoms with E-state index in [1.165, 1.54) is 17.1 Å². The van der Waals surface area contributed by atoms with Gasteiger partial charge >= 0.3 is 0 Å². The van der Waals surface area contributed by atoms with Crippen LogP contribution in [0, 0.1) is 11.3 Å². The third-order valence-corrected chi connectivity index (χ3v) is 4.45. The molecule has 1 unspecified atom stereocenters. The van der Waals surface area contributed by atoms with E-state index >= 15 is 0 Å². The zero-order valence-corrected chi connectivity index (χ0v) is 15.9. The van der Waals surface area contributed by atoms with Crippen molar-refractivity contribution in [3.05, 3.63) is 60.2 Å². The molecule has 2 heterocycles. The minimum Gasteiger partial charge on any atom is -0.324 e. The van der Waals surface area contributed by atoms with Gasteiger partial charge in [-0.1, -0.05) is 12.1 Å². The molecule has 0 aliphatic carbocycles. The lowest BCUT2D eigenvalue weighted by molar-refractivity contribution is 0.0702. The van der Waals surface area contributed by atoms with Gasteiger partial charge in [-0.05, 0) is 32.0 Å². The molecule has 0 aliphatic rings. The Labute approximate surface area is 162 Å². The number of rotatable bonds is 6. The van der Waals surface area contributed by atoms with Crippen molar-refractivity contribution in [3.8, 4) is 11.8 Å². The third-order valence-electron chi connectivity index (χ3n) is 4.45. The molecule has 3 rings (SSSR count). The average Bonchev–Trinajstić information content (AvgIpc) is 3.28. The number of nitrogens with zero attached hydrogens (tertiary/aromatic N) is 8. The molecule has 1 aromatic carbocycles. The normalized spacial score (nSPS) is 11.5. The first-order valence-corrected chi connectivity index (χ1v) is 8.79. The summed E-state index contributed by atoms with van der Waals surface area (Å²) in [5.41, 5.74) is 1.37. The number of nitriles is 1. The molecule has 9 heteroatoms. The fourth-order valence-corrected chi connectivity index (χ4v) is 2.86. The number of hydrogen-bond acceptors (Lipinski definition) is 7. The van der Waals surface area contributed by atoms with E-state index in [-0.39, 0.29) is 17.8 Å². The summed E-state index contributed by atoms with van der Waals surface area (Å²) in [7, 11) is 1.79. The van der Waals surface area contributed by atoms with Gasteiger partial charge in [0.1, 0.15) is 17.9 Å². The molecular formula is C19H20N8O. The molecule has 0 spiro atoms. The molecule has 0 saturated heterocycles. The first-order valence-electron chi connectivity index (χ1n) is 8.79. The van der Waals surface area contributed by atoms with Crippen LogP contribution in [0.5, 0.6) is 0 Å². The van der Waals surface area contributed by atoms with Crippen LogP contribution < -0.4 is 4.90 Å². The molecule has 1 amide bonds. The van der Waals surface area contributed by atoms with Crippen LogP contribution in [0.1, 0.15) is 29.9 Å². The number of aromatic nitrogens is 5. The van der Waals surface area contributed by atoms with Gasteiger partial charge in [-0.25, -0.2) is 9.97 Å². The Morgan fingerprint density at radius 2 is 1.93 bits per heavy atom. The van der Waals surface area contributed by atoms with E-state index in [0.717, 1.165) is 0 Å². The molecule has 28 heavy (non-hydrogen) atoms. The summed E-state index contributed by atoms with van der Waals surface area (Å²) in [4.78, 5) is 26.6. The Kier molecular flexibility index (Phi) is 5.60. The molecule has 142 valence electrons. The quantitative estimate of drug-likeness (QED) is 0.605. The van der Waals surface area contributed by atoms with Gasteiger partial charge in [-0.3, -0.25) is 4.79 Å². The number of carbonyl (C=O) groups is 1. The maximum atomic E-state index is 13.3. The minimum absolute atomic E-state index is 0.161. The molecule has 2 aromatic heterocycles. The first-order chi connectivity index (χ1) is 13.6. The van der Waals surface area contributed by atoms with Gasteiger partial charge in [-0.2, -0.15) is 20.3 Å². The van der Waals surface area contributed by atoms with Crippen LogP contribution >= 0.6 is 0 Å². The summed E-state index contributed by atoms with van der Waals surface area (Å²) in [6.45, 7) is 4.27. The molecule has 9 nitrogen and oxygen atoms in total. The molecule has 3 aromatic rings. The van der Waals surface area contributed by atoms with Crippen molar-refractivity contribution in [2.24, 2.45) is 0 Å². The maximum absolute atomic E-state index is 13.3. The number of hydrogen-bond donors (Lipinski definition) is 0. The summed E-state index contributed by atoms with van der Waals surface area (Å²) in [5.74, 6) is 0.214. The zero-order valence-electron chi connectivity index (χ0n) is 15.9. The number of para-hydroxylation sites is 1. The van der Waals surface area contributed by atoms with Crippen LogP contribution in [0.2, 0.25) is 0 Å². The monoisotopic (exact) mass is 376 g/mol. The van der Waals surface area contributed by atoms with Crippen molar-refractivity contribution in [2.75, 3.05) is 18.5 Å². The summed E-state index contributed by atoms with van der Waals surface area (Å²) in [6, 6.07) is 10.7. The van der Waals surface area contributed by atoms with Gasteiger partial charge < -0.3 is 9.80 Å². The predicted molar refractivity (Wildman–Crippen MR) is 103 cm³/mol. The van der Waals surface area contributed by atoms with E-state index in [1.807, 2.05) is 32.0 Å². The van der Waals surface area contributed by atoms with Gasteiger partial charge in [0.05, 0.1) is 23.6 Å². The Hall–Kier alpha value is -3.80. The molecular weight excluding hydrogens is 356 g/mol. The average molecular weight is 376 g/mol. The van der Waals surface area contributed by atoms with Crippen molar-refractivity contribution in [1.82, 2.24) is 29.9 Å². The Balaban J connectivity index is 1.91. The molecule has 0 radical (unpaired) electrons. The second-order valence-corrected chi connectivity index (χ2v) is 6.02. The summed E-state index contributed by atoms with van der Waals surface area (Å²) in [6.07, 6.45) is 4.31. The van der Waals surface area contributed by atoms with Crippen LogP contribution in [-0.4, -0.2) is 55.5 Å². The molecule has 0 N–H and O–H groups in total. The zero-order chi connectivity index (χ0) is 20.1.